The van der Waals surface area contributed by atoms with Gasteiger partial charge >= 0.3 is 5.69 Å². The molecule has 2 amide bonds. The zero-order valence-electron chi connectivity index (χ0n) is 17.0. The summed E-state index contributed by atoms with van der Waals surface area (Å²) < 4.78 is 6.56. The summed E-state index contributed by atoms with van der Waals surface area (Å²) in [6, 6.07) is 12.4. The lowest BCUT2D eigenvalue weighted by Crippen LogP contribution is -2.45. The number of anilines is 2. The number of thioether (sulfide) groups is 1. The van der Waals surface area contributed by atoms with E-state index in [1.165, 1.54) is 27.5 Å². The van der Waals surface area contributed by atoms with Gasteiger partial charge in [-0.25, -0.2) is 4.79 Å². The molecule has 4 rings (SSSR count). The van der Waals surface area contributed by atoms with Gasteiger partial charge in [-0.3, -0.25) is 28.8 Å². The molecule has 1 fully saturated rings. The molecule has 2 aromatic heterocycles. The second kappa shape index (κ2) is 9.18. The number of hydrogen-bond donors (Lipinski definition) is 2. The molecule has 3 N–H and O–H groups in total. The molecule has 1 aromatic carbocycles. The predicted octanol–water partition coefficient (Wildman–Crippen LogP) is 0.826. The fourth-order valence-corrected chi connectivity index (χ4v) is 4.30. The van der Waals surface area contributed by atoms with E-state index in [9.17, 15) is 19.2 Å². The van der Waals surface area contributed by atoms with Crippen LogP contribution in [0.15, 0.2) is 62.7 Å². The Bertz CT molecular complexity index is 1240. The van der Waals surface area contributed by atoms with E-state index in [4.69, 9.17) is 10.2 Å². The second-order valence-corrected chi connectivity index (χ2v) is 8.15. The van der Waals surface area contributed by atoms with Gasteiger partial charge < -0.3 is 15.1 Å². The van der Waals surface area contributed by atoms with Crippen LogP contribution in [0.2, 0.25) is 0 Å². The van der Waals surface area contributed by atoms with Gasteiger partial charge in [0.2, 0.25) is 11.8 Å². The van der Waals surface area contributed by atoms with Crippen LogP contribution in [0.3, 0.4) is 0 Å². The maximum absolute atomic E-state index is 13.2. The van der Waals surface area contributed by atoms with Crippen molar-refractivity contribution in [2.45, 2.75) is 13.1 Å². The topological polar surface area (TPSA) is 135 Å². The van der Waals surface area contributed by atoms with Crippen LogP contribution in [-0.4, -0.2) is 44.4 Å². The second-order valence-electron chi connectivity index (χ2n) is 7.19. The molecule has 11 heteroatoms. The van der Waals surface area contributed by atoms with Crippen molar-refractivity contribution in [1.29, 1.82) is 0 Å². The molecule has 3 aromatic rings. The van der Waals surface area contributed by atoms with Crippen molar-refractivity contribution < 1.29 is 14.0 Å². The average molecular weight is 455 g/mol. The van der Waals surface area contributed by atoms with E-state index in [1.54, 1.807) is 12.1 Å². The number of aromatic nitrogens is 2. The lowest BCUT2D eigenvalue weighted by atomic mass is 10.2. The van der Waals surface area contributed by atoms with Crippen LogP contribution in [0.4, 0.5) is 11.5 Å². The van der Waals surface area contributed by atoms with Gasteiger partial charge in [0.1, 0.15) is 18.1 Å². The standard InChI is InChI=1S/C21H21N5O5S/c22-19-18(20(29)23-21(30)26(19)9-14-5-2-1-3-6-14)25(10-15-7-4-8-31-15)16(27)11-24-13-32-12-17(24)28/h1-8H,9-13,22H2,(H,23,29,30). The molecule has 0 atom stereocenters. The Hall–Kier alpha value is -3.73. The number of hydrogen-bond acceptors (Lipinski definition) is 7. The number of rotatable bonds is 7. The highest BCUT2D eigenvalue weighted by atomic mass is 32.2. The van der Waals surface area contributed by atoms with Gasteiger partial charge in [0.25, 0.3) is 5.56 Å². The number of carbonyl (C=O) groups is 2. The molecule has 0 aliphatic carbocycles. The SMILES string of the molecule is Nc1c(N(Cc2ccco2)C(=O)CN2CSCC2=O)c(=O)[nH]c(=O)n1Cc1ccccc1. The number of nitrogen functional groups attached to an aromatic ring is 1. The molecule has 32 heavy (non-hydrogen) atoms. The highest BCUT2D eigenvalue weighted by Gasteiger charge is 2.30. The van der Waals surface area contributed by atoms with Crippen molar-refractivity contribution >= 4 is 35.1 Å². The van der Waals surface area contributed by atoms with E-state index in [0.29, 0.717) is 17.4 Å². The first-order valence-electron chi connectivity index (χ1n) is 9.79. The molecule has 0 bridgehead atoms. The highest BCUT2D eigenvalue weighted by molar-refractivity contribution is 8.00. The molecule has 10 nitrogen and oxygen atoms in total. The normalized spacial score (nSPS) is 13.5. The zero-order valence-corrected chi connectivity index (χ0v) is 17.8. The van der Waals surface area contributed by atoms with Crippen LogP contribution in [0.5, 0.6) is 0 Å². The molecule has 0 unspecified atom stereocenters. The van der Waals surface area contributed by atoms with Gasteiger partial charge in [0.05, 0.1) is 31.0 Å². The Morgan fingerprint density at radius 3 is 2.59 bits per heavy atom. The van der Waals surface area contributed by atoms with Crippen LogP contribution in [-0.2, 0) is 22.7 Å². The molecule has 0 radical (unpaired) electrons. The van der Waals surface area contributed by atoms with Gasteiger partial charge in [-0.1, -0.05) is 30.3 Å². The lowest BCUT2D eigenvalue weighted by molar-refractivity contribution is -0.131. The van der Waals surface area contributed by atoms with Crippen molar-refractivity contribution in [3.05, 3.63) is 80.9 Å². The third kappa shape index (κ3) is 4.47. The summed E-state index contributed by atoms with van der Waals surface area (Å²) in [6.07, 6.45) is 1.45. The molecule has 1 saturated heterocycles. The molecular formula is C21H21N5O5S. The number of amides is 2. The molecule has 166 valence electrons. The summed E-state index contributed by atoms with van der Waals surface area (Å²) in [5, 5.41) is 0. The fraction of sp³-hybridized carbons (Fsp3) is 0.238. The third-order valence-electron chi connectivity index (χ3n) is 5.01. The molecule has 0 spiro atoms. The number of nitrogens with one attached hydrogen (secondary N) is 1. The summed E-state index contributed by atoms with van der Waals surface area (Å²) in [5.74, 6) is 0.288. The van der Waals surface area contributed by atoms with Crippen LogP contribution >= 0.6 is 11.8 Å². The van der Waals surface area contributed by atoms with Gasteiger partial charge in [0.15, 0.2) is 5.69 Å². The molecular weight excluding hydrogens is 434 g/mol. The van der Waals surface area contributed by atoms with Crippen LogP contribution < -0.4 is 21.9 Å². The minimum absolute atomic E-state index is 0.0855. The van der Waals surface area contributed by atoms with Crippen molar-refractivity contribution in [3.63, 3.8) is 0 Å². The van der Waals surface area contributed by atoms with Gasteiger partial charge in [0, 0.05) is 0 Å². The first-order valence-corrected chi connectivity index (χ1v) is 10.9. The summed E-state index contributed by atoms with van der Waals surface area (Å²) in [6.45, 7) is -0.194. The Balaban J connectivity index is 1.74. The quantitative estimate of drug-likeness (QED) is 0.539. The van der Waals surface area contributed by atoms with Crippen LogP contribution in [0.1, 0.15) is 11.3 Å². The lowest BCUT2D eigenvalue weighted by Gasteiger charge is -2.25. The van der Waals surface area contributed by atoms with Crippen LogP contribution in [0, 0.1) is 0 Å². The first-order chi connectivity index (χ1) is 15.4. The van der Waals surface area contributed by atoms with Gasteiger partial charge in [-0.2, -0.15) is 0 Å². The maximum Gasteiger partial charge on any atom is 0.330 e. The third-order valence-corrected chi connectivity index (χ3v) is 5.96. The molecule has 3 heterocycles. The van der Waals surface area contributed by atoms with E-state index in [2.05, 4.69) is 4.98 Å². The molecule has 0 saturated carbocycles. The number of nitrogens with two attached hydrogens (primary N) is 1. The summed E-state index contributed by atoms with van der Waals surface area (Å²) in [7, 11) is 0. The fourth-order valence-electron chi connectivity index (χ4n) is 3.40. The van der Waals surface area contributed by atoms with E-state index in [1.807, 2.05) is 30.3 Å². The minimum Gasteiger partial charge on any atom is -0.467 e. The monoisotopic (exact) mass is 455 g/mol. The van der Waals surface area contributed by atoms with Crippen molar-refractivity contribution in [3.8, 4) is 0 Å². The van der Waals surface area contributed by atoms with Crippen LogP contribution in [0.25, 0.3) is 0 Å². The Kier molecular flexibility index (Phi) is 6.17. The Labute approximate surface area is 186 Å². The van der Waals surface area contributed by atoms with E-state index < -0.39 is 17.2 Å². The summed E-state index contributed by atoms with van der Waals surface area (Å²) >= 11 is 1.41. The van der Waals surface area contributed by atoms with Crippen molar-refractivity contribution in [2.24, 2.45) is 0 Å². The van der Waals surface area contributed by atoms with Gasteiger partial charge in [-0.05, 0) is 17.7 Å². The number of furan rings is 1. The Morgan fingerprint density at radius 2 is 1.94 bits per heavy atom. The number of benzene rings is 1. The van der Waals surface area contributed by atoms with Crippen molar-refractivity contribution in [1.82, 2.24) is 14.5 Å². The number of nitrogens with zero attached hydrogens (tertiary/aromatic N) is 3. The Morgan fingerprint density at radius 1 is 1.16 bits per heavy atom. The van der Waals surface area contributed by atoms with Crippen molar-refractivity contribution in [2.75, 3.05) is 28.8 Å². The number of aromatic amines is 1. The van der Waals surface area contributed by atoms with Gasteiger partial charge in [-0.15, -0.1) is 11.8 Å². The number of carbonyl (C=O) groups excluding carboxylic acids is 2. The zero-order chi connectivity index (χ0) is 22.7. The van der Waals surface area contributed by atoms with E-state index >= 15 is 0 Å². The largest absolute Gasteiger partial charge is 0.467 e. The smallest absolute Gasteiger partial charge is 0.330 e. The first kappa shape index (κ1) is 21.5. The number of H-pyrrole nitrogens is 1. The van der Waals surface area contributed by atoms with E-state index in [0.717, 1.165) is 10.5 Å². The predicted molar refractivity (Wildman–Crippen MR) is 120 cm³/mol. The molecule has 1 aliphatic rings. The van der Waals surface area contributed by atoms with E-state index in [-0.39, 0.29) is 37.0 Å². The summed E-state index contributed by atoms with van der Waals surface area (Å²) in [4.78, 5) is 55.3. The maximum atomic E-state index is 13.2. The molecule has 1 aliphatic heterocycles. The highest BCUT2D eigenvalue weighted by Crippen LogP contribution is 2.22. The average Bonchev–Trinajstić information content (AvgIpc) is 3.43. The minimum atomic E-state index is -0.793. The summed E-state index contributed by atoms with van der Waals surface area (Å²) in [5.41, 5.74) is 5.42.